The first-order valence-electron chi connectivity index (χ1n) is 7.42. The SMILES string of the molecule is CC1CCCCC1N(CCC(=O)O)C(=O)OC(C)(C)C. The Morgan fingerprint density at radius 2 is 1.85 bits per heavy atom. The molecule has 116 valence electrons. The van der Waals surface area contributed by atoms with Crippen LogP contribution >= 0.6 is 0 Å². The normalized spacial score (nSPS) is 23.2. The number of carbonyl (C=O) groups is 2. The Kier molecular flexibility index (Phi) is 5.84. The van der Waals surface area contributed by atoms with Gasteiger partial charge in [0.15, 0.2) is 0 Å². The third-order valence-electron chi connectivity index (χ3n) is 3.66. The van der Waals surface area contributed by atoms with E-state index in [1.165, 1.54) is 6.42 Å². The van der Waals surface area contributed by atoms with Crippen molar-refractivity contribution in [3.05, 3.63) is 0 Å². The molecule has 0 bridgehead atoms. The zero-order chi connectivity index (χ0) is 15.3. The number of amides is 1. The molecule has 1 amide bonds. The van der Waals surface area contributed by atoms with Gasteiger partial charge in [-0.15, -0.1) is 0 Å². The van der Waals surface area contributed by atoms with E-state index in [2.05, 4.69) is 6.92 Å². The maximum Gasteiger partial charge on any atom is 0.410 e. The lowest BCUT2D eigenvalue weighted by molar-refractivity contribution is -0.137. The van der Waals surface area contributed by atoms with Crippen LogP contribution in [0.4, 0.5) is 4.79 Å². The van der Waals surface area contributed by atoms with Gasteiger partial charge in [0.1, 0.15) is 5.60 Å². The fourth-order valence-corrected chi connectivity index (χ4v) is 2.69. The molecule has 0 aliphatic heterocycles. The lowest BCUT2D eigenvalue weighted by atomic mass is 9.85. The van der Waals surface area contributed by atoms with Gasteiger partial charge in [-0.1, -0.05) is 19.8 Å². The van der Waals surface area contributed by atoms with E-state index >= 15 is 0 Å². The molecule has 0 heterocycles. The highest BCUT2D eigenvalue weighted by atomic mass is 16.6. The van der Waals surface area contributed by atoms with Gasteiger partial charge in [0, 0.05) is 12.6 Å². The second kappa shape index (κ2) is 6.95. The first kappa shape index (κ1) is 16.8. The Hall–Kier alpha value is -1.26. The van der Waals surface area contributed by atoms with Gasteiger partial charge in [0.05, 0.1) is 6.42 Å². The van der Waals surface area contributed by atoms with E-state index in [0.717, 1.165) is 19.3 Å². The van der Waals surface area contributed by atoms with Crippen molar-refractivity contribution >= 4 is 12.1 Å². The Morgan fingerprint density at radius 1 is 1.25 bits per heavy atom. The molecule has 2 unspecified atom stereocenters. The fourth-order valence-electron chi connectivity index (χ4n) is 2.69. The predicted molar refractivity (Wildman–Crippen MR) is 76.6 cm³/mol. The third kappa shape index (κ3) is 5.39. The maximum atomic E-state index is 12.3. The largest absolute Gasteiger partial charge is 0.481 e. The lowest BCUT2D eigenvalue weighted by Crippen LogP contribution is -2.48. The van der Waals surface area contributed by atoms with Crippen LogP contribution in [-0.4, -0.2) is 40.3 Å². The van der Waals surface area contributed by atoms with Gasteiger partial charge in [0.25, 0.3) is 0 Å². The summed E-state index contributed by atoms with van der Waals surface area (Å²) in [6, 6.07) is 0.0953. The number of carboxylic acid groups (broad SMARTS) is 1. The zero-order valence-electron chi connectivity index (χ0n) is 13.0. The fraction of sp³-hybridized carbons (Fsp3) is 0.867. The van der Waals surface area contributed by atoms with Gasteiger partial charge in [-0.25, -0.2) is 4.79 Å². The summed E-state index contributed by atoms with van der Waals surface area (Å²) >= 11 is 0. The summed E-state index contributed by atoms with van der Waals surface area (Å²) in [5.41, 5.74) is -0.559. The second-order valence-corrected chi connectivity index (χ2v) is 6.65. The minimum Gasteiger partial charge on any atom is -0.481 e. The maximum absolute atomic E-state index is 12.3. The van der Waals surface area contributed by atoms with Gasteiger partial charge >= 0.3 is 12.1 Å². The van der Waals surface area contributed by atoms with Crippen molar-refractivity contribution in [1.82, 2.24) is 4.90 Å². The van der Waals surface area contributed by atoms with Crippen molar-refractivity contribution in [2.45, 2.75) is 71.4 Å². The van der Waals surface area contributed by atoms with E-state index in [9.17, 15) is 9.59 Å². The van der Waals surface area contributed by atoms with Crippen LogP contribution < -0.4 is 0 Å². The number of aliphatic carboxylic acids is 1. The molecule has 5 heteroatoms. The van der Waals surface area contributed by atoms with E-state index in [-0.39, 0.29) is 19.0 Å². The molecule has 0 spiro atoms. The van der Waals surface area contributed by atoms with E-state index < -0.39 is 17.7 Å². The van der Waals surface area contributed by atoms with Crippen LogP contribution in [0.2, 0.25) is 0 Å². The number of carbonyl (C=O) groups excluding carboxylic acids is 1. The molecule has 1 aliphatic rings. The molecule has 5 nitrogen and oxygen atoms in total. The summed E-state index contributed by atoms with van der Waals surface area (Å²) < 4.78 is 5.43. The number of nitrogens with zero attached hydrogens (tertiary/aromatic N) is 1. The number of carboxylic acids is 1. The Morgan fingerprint density at radius 3 is 2.35 bits per heavy atom. The van der Waals surface area contributed by atoms with Crippen LogP contribution in [-0.2, 0) is 9.53 Å². The highest BCUT2D eigenvalue weighted by Gasteiger charge is 2.33. The van der Waals surface area contributed by atoms with Crippen molar-refractivity contribution in [3.8, 4) is 0 Å². The van der Waals surface area contributed by atoms with Gasteiger partial charge in [-0.3, -0.25) is 4.79 Å². The smallest absolute Gasteiger partial charge is 0.410 e. The standard InChI is InChI=1S/C15H27NO4/c1-11-7-5-6-8-12(11)16(10-9-13(17)18)14(19)20-15(2,3)4/h11-12H,5-10H2,1-4H3,(H,17,18). The molecule has 1 saturated carbocycles. The van der Waals surface area contributed by atoms with Crippen molar-refractivity contribution in [3.63, 3.8) is 0 Å². The van der Waals surface area contributed by atoms with E-state index in [4.69, 9.17) is 9.84 Å². The zero-order valence-corrected chi connectivity index (χ0v) is 13.0. The van der Waals surface area contributed by atoms with Gasteiger partial charge in [-0.2, -0.15) is 0 Å². The Balaban J connectivity index is 2.77. The van der Waals surface area contributed by atoms with Crippen LogP contribution in [0.25, 0.3) is 0 Å². The Labute approximate surface area is 121 Å². The molecule has 2 atom stereocenters. The van der Waals surface area contributed by atoms with Gasteiger partial charge < -0.3 is 14.7 Å². The van der Waals surface area contributed by atoms with E-state index in [1.54, 1.807) is 4.90 Å². The quantitative estimate of drug-likeness (QED) is 0.860. The monoisotopic (exact) mass is 285 g/mol. The lowest BCUT2D eigenvalue weighted by Gasteiger charge is -2.39. The summed E-state index contributed by atoms with van der Waals surface area (Å²) in [7, 11) is 0. The minimum atomic E-state index is -0.887. The van der Waals surface area contributed by atoms with Crippen LogP contribution in [0.5, 0.6) is 0 Å². The highest BCUT2D eigenvalue weighted by Crippen LogP contribution is 2.29. The molecule has 1 fully saturated rings. The minimum absolute atomic E-state index is 0.0392. The predicted octanol–water partition coefficient (Wildman–Crippen LogP) is 3.28. The van der Waals surface area contributed by atoms with Gasteiger partial charge in [0.2, 0.25) is 0 Å². The summed E-state index contributed by atoms with van der Waals surface area (Å²) in [6.45, 7) is 7.82. The molecule has 1 aliphatic carbocycles. The molecule has 1 rings (SSSR count). The van der Waals surface area contributed by atoms with Crippen LogP contribution in [0, 0.1) is 5.92 Å². The number of rotatable bonds is 4. The van der Waals surface area contributed by atoms with Crippen molar-refractivity contribution in [1.29, 1.82) is 0 Å². The first-order chi connectivity index (χ1) is 9.20. The first-order valence-corrected chi connectivity index (χ1v) is 7.42. The van der Waals surface area contributed by atoms with Gasteiger partial charge in [-0.05, 0) is 39.5 Å². The Bertz CT molecular complexity index is 348. The molecule has 0 aromatic carbocycles. The molecule has 0 aromatic rings. The molecule has 0 saturated heterocycles. The molecule has 20 heavy (non-hydrogen) atoms. The average Bonchev–Trinajstić information content (AvgIpc) is 2.28. The van der Waals surface area contributed by atoms with Crippen molar-refractivity contribution in [2.75, 3.05) is 6.54 Å². The van der Waals surface area contributed by atoms with Crippen LogP contribution in [0.15, 0.2) is 0 Å². The van der Waals surface area contributed by atoms with Crippen LogP contribution in [0.3, 0.4) is 0 Å². The molecular weight excluding hydrogens is 258 g/mol. The second-order valence-electron chi connectivity index (χ2n) is 6.65. The van der Waals surface area contributed by atoms with Crippen LogP contribution in [0.1, 0.15) is 59.8 Å². The summed E-state index contributed by atoms with van der Waals surface area (Å²) in [6.07, 6.45) is 3.84. The number of hydrogen-bond acceptors (Lipinski definition) is 3. The molecule has 0 radical (unpaired) electrons. The molecule has 1 N–H and O–H groups in total. The molecule has 0 aromatic heterocycles. The van der Waals surface area contributed by atoms with Crippen molar-refractivity contribution < 1.29 is 19.4 Å². The van der Waals surface area contributed by atoms with Crippen molar-refractivity contribution in [2.24, 2.45) is 5.92 Å². The molecular formula is C15H27NO4. The number of hydrogen-bond donors (Lipinski definition) is 1. The van der Waals surface area contributed by atoms with E-state index in [0.29, 0.717) is 5.92 Å². The summed E-state index contributed by atoms with van der Waals surface area (Å²) in [5, 5.41) is 8.86. The topological polar surface area (TPSA) is 66.8 Å². The number of ether oxygens (including phenoxy) is 1. The van der Waals surface area contributed by atoms with E-state index in [1.807, 2.05) is 20.8 Å². The average molecular weight is 285 g/mol. The third-order valence-corrected chi connectivity index (χ3v) is 3.66. The summed E-state index contributed by atoms with van der Waals surface area (Å²) in [5.74, 6) is -0.493. The highest BCUT2D eigenvalue weighted by molar-refractivity contribution is 5.71. The summed E-state index contributed by atoms with van der Waals surface area (Å²) in [4.78, 5) is 24.8.